The number of aromatic nitrogens is 2. The number of carboxylic acids is 1. The minimum absolute atomic E-state index is 0.0576. The zero-order valence-electron chi connectivity index (χ0n) is 9.01. The topological polar surface area (TPSA) is 124 Å². The van der Waals surface area contributed by atoms with Crippen molar-refractivity contribution >= 4 is 28.7 Å². The van der Waals surface area contributed by atoms with Crippen molar-refractivity contribution in [2.45, 2.75) is 19.4 Å². The van der Waals surface area contributed by atoms with Gasteiger partial charge in [0.05, 0.1) is 0 Å². The van der Waals surface area contributed by atoms with Gasteiger partial charge in [-0.15, -0.1) is 0 Å². The fourth-order valence-electron chi connectivity index (χ4n) is 1.03. The molecule has 0 bridgehead atoms. The third kappa shape index (κ3) is 4.33. The molecular formula is C8H12N4O4S. The van der Waals surface area contributed by atoms with Gasteiger partial charge in [-0.1, -0.05) is 0 Å². The van der Waals surface area contributed by atoms with Gasteiger partial charge in [0.25, 0.3) is 0 Å². The summed E-state index contributed by atoms with van der Waals surface area (Å²) in [5, 5.41) is 22.2. The number of carboxylic acid groups (broad SMARTS) is 1. The Labute approximate surface area is 101 Å². The van der Waals surface area contributed by atoms with Crippen molar-refractivity contribution in [3.8, 4) is 0 Å². The van der Waals surface area contributed by atoms with E-state index in [0.29, 0.717) is 5.82 Å². The van der Waals surface area contributed by atoms with Crippen LogP contribution >= 0.6 is 11.5 Å². The van der Waals surface area contributed by atoms with Crippen LogP contribution in [-0.2, 0) is 4.79 Å². The summed E-state index contributed by atoms with van der Waals surface area (Å²) in [6.45, 7) is 1.35. The van der Waals surface area contributed by atoms with E-state index in [1.807, 2.05) is 0 Å². The summed E-state index contributed by atoms with van der Waals surface area (Å²) in [6, 6.07) is -1.82. The first-order valence-corrected chi connectivity index (χ1v) is 5.51. The van der Waals surface area contributed by atoms with Crippen LogP contribution in [0.3, 0.4) is 0 Å². The first-order chi connectivity index (χ1) is 8.02. The van der Waals surface area contributed by atoms with E-state index in [2.05, 4.69) is 20.0 Å². The smallest absolute Gasteiger partial charge is 0.326 e. The summed E-state index contributed by atoms with van der Waals surface area (Å²) in [7, 11) is 0. The average Bonchev–Trinajstić information content (AvgIpc) is 2.63. The van der Waals surface area contributed by atoms with Gasteiger partial charge in [0, 0.05) is 24.6 Å². The van der Waals surface area contributed by atoms with E-state index < -0.39 is 18.0 Å². The number of amides is 2. The largest absolute Gasteiger partial charge is 0.480 e. The normalized spacial score (nSPS) is 11.9. The van der Waals surface area contributed by atoms with E-state index in [0.717, 1.165) is 11.5 Å². The Hall–Kier alpha value is -1.74. The van der Waals surface area contributed by atoms with Gasteiger partial charge in [0.15, 0.2) is 0 Å². The maximum atomic E-state index is 11.4. The second-order valence-electron chi connectivity index (χ2n) is 3.15. The van der Waals surface area contributed by atoms with Crippen LogP contribution in [0.1, 0.15) is 12.2 Å². The average molecular weight is 260 g/mol. The molecule has 9 heteroatoms. The minimum atomic E-state index is -1.21. The van der Waals surface area contributed by atoms with Gasteiger partial charge in [-0.2, -0.15) is 4.37 Å². The third-order valence-corrected chi connectivity index (χ3v) is 2.49. The van der Waals surface area contributed by atoms with E-state index in [4.69, 9.17) is 10.2 Å². The van der Waals surface area contributed by atoms with Gasteiger partial charge >= 0.3 is 12.0 Å². The van der Waals surface area contributed by atoms with Crippen LogP contribution in [0.5, 0.6) is 0 Å². The molecule has 17 heavy (non-hydrogen) atoms. The minimum Gasteiger partial charge on any atom is -0.480 e. The van der Waals surface area contributed by atoms with E-state index in [-0.39, 0.29) is 18.2 Å². The number of carbonyl (C=O) groups excluding carboxylic acids is 1. The lowest BCUT2D eigenvalue weighted by atomic mass is 10.2. The fourth-order valence-corrected chi connectivity index (χ4v) is 1.60. The molecule has 1 unspecified atom stereocenters. The number of anilines is 1. The number of urea groups is 1. The number of aliphatic hydroxyl groups is 1. The molecule has 0 saturated carbocycles. The number of carbonyl (C=O) groups is 2. The zero-order valence-corrected chi connectivity index (χ0v) is 9.82. The van der Waals surface area contributed by atoms with Gasteiger partial charge in [-0.3, -0.25) is 5.32 Å². The Morgan fingerprint density at radius 2 is 2.24 bits per heavy atom. The predicted octanol–water partition coefficient (Wildman–Crippen LogP) is -0.196. The Morgan fingerprint density at radius 1 is 1.53 bits per heavy atom. The maximum Gasteiger partial charge on any atom is 0.326 e. The van der Waals surface area contributed by atoms with E-state index in [9.17, 15) is 9.59 Å². The number of aliphatic carboxylic acids is 1. The van der Waals surface area contributed by atoms with Crippen molar-refractivity contribution in [2.24, 2.45) is 0 Å². The molecule has 1 aromatic rings. The molecule has 0 spiro atoms. The van der Waals surface area contributed by atoms with E-state index in [1.54, 1.807) is 6.92 Å². The van der Waals surface area contributed by atoms with Crippen molar-refractivity contribution in [3.63, 3.8) is 0 Å². The van der Waals surface area contributed by atoms with Crippen LogP contribution in [-0.4, -0.2) is 44.2 Å². The van der Waals surface area contributed by atoms with Gasteiger partial charge < -0.3 is 15.5 Å². The summed E-state index contributed by atoms with van der Waals surface area (Å²) >= 11 is 0.997. The molecule has 1 rings (SSSR count). The summed E-state index contributed by atoms with van der Waals surface area (Å²) in [5.41, 5.74) is 0. The summed E-state index contributed by atoms with van der Waals surface area (Å²) in [5.74, 6) is -0.682. The molecule has 2 amide bonds. The highest BCUT2D eigenvalue weighted by molar-refractivity contribution is 7.09. The van der Waals surface area contributed by atoms with Gasteiger partial charge in [0.1, 0.15) is 11.9 Å². The molecule has 1 aromatic heterocycles. The number of hydrogen-bond donors (Lipinski definition) is 4. The molecule has 0 fully saturated rings. The molecule has 1 heterocycles. The number of nitrogens with zero attached hydrogens (tertiary/aromatic N) is 2. The van der Waals surface area contributed by atoms with Crippen molar-refractivity contribution < 1.29 is 19.8 Å². The van der Waals surface area contributed by atoms with Crippen LogP contribution in [0.4, 0.5) is 9.93 Å². The lowest BCUT2D eigenvalue weighted by molar-refractivity contribution is -0.139. The Bertz CT molecular complexity index is 408. The quantitative estimate of drug-likeness (QED) is 0.581. The van der Waals surface area contributed by atoms with Crippen LogP contribution < -0.4 is 10.6 Å². The second-order valence-corrected chi connectivity index (χ2v) is 3.90. The highest BCUT2D eigenvalue weighted by Gasteiger charge is 2.19. The number of hydrogen-bond acceptors (Lipinski definition) is 6. The summed E-state index contributed by atoms with van der Waals surface area (Å²) in [4.78, 5) is 26.0. The van der Waals surface area contributed by atoms with Crippen LogP contribution in [0, 0.1) is 6.92 Å². The molecule has 0 aromatic carbocycles. The fraction of sp³-hybridized carbons (Fsp3) is 0.500. The summed E-state index contributed by atoms with van der Waals surface area (Å²) in [6.07, 6.45) is -0.0576. The van der Waals surface area contributed by atoms with Crippen molar-refractivity contribution in [2.75, 3.05) is 11.9 Å². The summed E-state index contributed by atoms with van der Waals surface area (Å²) < 4.78 is 3.85. The number of aryl methyl sites for hydroxylation is 1. The van der Waals surface area contributed by atoms with Crippen LogP contribution in [0.15, 0.2) is 0 Å². The molecule has 0 aliphatic rings. The molecule has 0 aliphatic carbocycles. The molecule has 0 aliphatic heterocycles. The maximum absolute atomic E-state index is 11.4. The van der Waals surface area contributed by atoms with E-state index >= 15 is 0 Å². The molecule has 0 saturated heterocycles. The van der Waals surface area contributed by atoms with Crippen LogP contribution in [0.25, 0.3) is 0 Å². The lowest BCUT2D eigenvalue weighted by Gasteiger charge is -2.12. The van der Waals surface area contributed by atoms with Crippen molar-refractivity contribution in [1.29, 1.82) is 0 Å². The SMILES string of the molecule is Cc1nsc(NC(=O)NC(CCO)C(=O)O)n1. The number of aliphatic hydroxyl groups excluding tert-OH is 1. The van der Waals surface area contributed by atoms with Crippen LogP contribution in [0.2, 0.25) is 0 Å². The standard InChI is InChI=1S/C8H12N4O4S/c1-4-9-8(17-12-4)11-7(16)10-5(2-3-13)6(14)15/h5,13H,2-3H2,1H3,(H,14,15)(H2,9,10,11,12,16). The van der Waals surface area contributed by atoms with Gasteiger partial charge in [0.2, 0.25) is 5.13 Å². The lowest BCUT2D eigenvalue weighted by Crippen LogP contribution is -2.43. The molecule has 94 valence electrons. The highest BCUT2D eigenvalue weighted by Crippen LogP contribution is 2.09. The van der Waals surface area contributed by atoms with E-state index in [1.165, 1.54) is 0 Å². The molecule has 0 radical (unpaired) electrons. The van der Waals surface area contributed by atoms with Gasteiger partial charge in [-0.25, -0.2) is 14.6 Å². The van der Waals surface area contributed by atoms with Gasteiger partial charge in [-0.05, 0) is 6.92 Å². The first kappa shape index (κ1) is 13.3. The van der Waals surface area contributed by atoms with Crippen molar-refractivity contribution in [1.82, 2.24) is 14.7 Å². The zero-order chi connectivity index (χ0) is 12.8. The number of rotatable bonds is 5. The predicted molar refractivity (Wildman–Crippen MR) is 59.9 cm³/mol. The molecule has 8 nitrogen and oxygen atoms in total. The van der Waals surface area contributed by atoms with Crippen molar-refractivity contribution in [3.05, 3.63) is 5.82 Å². The molecule has 4 N–H and O–H groups in total. The monoisotopic (exact) mass is 260 g/mol. The number of nitrogens with one attached hydrogen (secondary N) is 2. The Kier molecular flexibility index (Phi) is 4.79. The Balaban J connectivity index is 2.50. The first-order valence-electron chi connectivity index (χ1n) is 4.74. The highest BCUT2D eigenvalue weighted by atomic mass is 32.1. The second kappa shape index (κ2) is 6.11. The molecular weight excluding hydrogens is 248 g/mol. The molecule has 1 atom stereocenters. The Morgan fingerprint density at radius 3 is 2.71 bits per heavy atom. The third-order valence-electron chi connectivity index (χ3n) is 1.77.